The maximum absolute atomic E-state index is 13.0. The van der Waals surface area contributed by atoms with Crippen molar-refractivity contribution in [2.75, 3.05) is 19.7 Å². The molecular formula is C22H26N4O4S. The molecule has 0 spiro atoms. The summed E-state index contributed by atoms with van der Waals surface area (Å²) in [5.41, 5.74) is 1.09. The van der Waals surface area contributed by atoms with Gasteiger partial charge >= 0.3 is 0 Å². The van der Waals surface area contributed by atoms with Crippen molar-refractivity contribution in [2.24, 2.45) is 0 Å². The summed E-state index contributed by atoms with van der Waals surface area (Å²) in [5.74, 6) is 0.365. The van der Waals surface area contributed by atoms with E-state index in [4.69, 9.17) is 9.26 Å². The van der Waals surface area contributed by atoms with E-state index in [2.05, 4.69) is 15.5 Å². The largest absolute Gasteiger partial charge is 0.370 e. The first-order chi connectivity index (χ1) is 15.0. The van der Waals surface area contributed by atoms with Gasteiger partial charge in [0.25, 0.3) is 11.8 Å². The van der Waals surface area contributed by atoms with Gasteiger partial charge in [0.15, 0.2) is 5.69 Å². The Morgan fingerprint density at radius 3 is 3.00 bits per heavy atom. The molecule has 9 heteroatoms. The highest BCUT2D eigenvalue weighted by atomic mass is 32.1. The number of hydrogen-bond donors (Lipinski definition) is 1. The third kappa shape index (κ3) is 4.47. The zero-order valence-electron chi connectivity index (χ0n) is 17.9. The van der Waals surface area contributed by atoms with E-state index in [-0.39, 0.29) is 17.9 Å². The molecule has 1 aliphatic rings. The Hall–Kier alpha value is -2.78. The van der Waals surface area contributed by atoms with Crippen molar-refractivity contribution >= 4 is 33.4 Å². The lowest BCUT2D eigenvalue weighted by molar-refractivity contribution is -0.0225. The topological polar surface area (TPSA) is 97.6 Å². The average molecular weight is 443 g/mol. The number of hydrogen-bond acceptors (Lipinski definition) is 7. The number of ether oxygens (including phenoxy) is 1. The standard InChI is InChI=1S/C22H26N4O4S/c1-4-6-14-11-16(25-30-14)22(28)26-9-10-29-17(12-26)18-15-7-5-8-23-21(15)31-19(18)20(27)24-13(2)3/h5,7-8,11,13,17H,4,6,9-10,12H2,1-3H3,(H,24,27)/t17-/m1/s1. The van der Waals surface area contributed by atoms with Crippen molar-refractivity contribution in [1.29, 1.82) is 0 Å². The summed E-state index contributed by atoms with van der Waals surface area (Å²) in [5, 5.41) is 7.79. The van der Waals surface area contributed by atoms with E-state index in [1.807, 2.05) is 32.9 Å². The van der Waals surface area contributed by atoms with Crippen molar-refractivity contribution in [3.05, 3.63) is 46.3 Å². The van der Waals surface area contributed by atoms with Crippen LogP contribution in [0.1, 0.15) is 64.8 Å². The Bertz CT molecular complexity index is 1090. The quantitative estimate of drug-likeness (QED) is 0.627. The molecule has 164 valence electrons. The van der Waals surface area contributed by atoms with E-state index in [0.29, 0.717) is 36.0 Å². The highest BCUT2D eigenvalue weighted by Crippen LogP contribution is 2.37. The van der Waals surface area contributed by atoms with Crippen LogP contribution >= 0.6 is 11.3 Å². The molecule has 1 aliphatic heterocycles. The third-order valence-electron chi connectivity index (χ3n) is 5.08. The summed E-state index contributed by atoms with van der Waals surface area (Å²) in [6.07, 6.45) is 2.95. The van der Waals surface area contributed by atoms with Crippen LogP contribution in [0.5, 0.6) is 0 Å². The Balaban J connectivity index is 1.63. The number of carbonyl (C=O) groups excluding carboxylic acids is 2. The number of nitrogens with one attached hydrogen (secondary N) is 1. The first-order valence-electron chi connectivity index (χ1n) is 10.5. The molecule has 1 saturated heterocycles. The molecule has 3 aromatic heterocycles. The van der Waals surface area contributed by atoms with Crippen LogP contribution in [0.15, 0.2) is 28.9 Å². The van der Waals surface area contributed by atoms with Crippen molar-refractivity contribution in [3.63, 3.8) is 0 Å². The summed E-state index contributed by atoms with van der Waals surface area (Å²) in [4.78, 5) is 33.4. The van der Waals surface area contributed by atoms with E-state index in [0.717, 1.165) is 28.6 Å². The first-order valence-corrected chi connectivity index (χ1v) is 11.3. The fraction of sp³-hybridized carbons (Fsp3) is 0.455. The third-order valence-corrected chi connectivity index (χ3v) is 6.21. The number of morpholine rings is 1. The van der Waals surface area contributed by atoms with Gasteiger partial charge in [-0.25, -0.2) is 4.98 Å². The minimum atomic E-state index is -0.425. The summed E-state index contributed by atoms with van der Waals surface area (Å²) >= 11 is 1.35. The molecule has 0 radical (unpaired) electrons. The van der Waals surface area contributed by atoms with Crippen LogP contribution in [0, 0.1) is 0 Å². The lowest BCUT2D eigenvalue weighted by Crippen LogP contribution is -2.42. The van der Waals surface area contributed by atoms with Gasteiger partial charge in [-0.1, -0.05) is 18.1 Å². The first kappa shape index (κ1) is 21.5. The van der Waals surface area contributed by atoms with Crippen molar-refractivity contribution < 1.29 is 18.8 Å². The summed E-state index contributed by atoms with van der Waals surface area (Å²) < 4.78 is 11.3. The Morgan fingerprint density at radius 1 is 1.39 bits per heavy atom. The summed E-state index contributed by atoms with van der Waals surface area (Å²) in [6, 6.07) is 5.51. The summed E-state index contributed by atoms with van der Waals surface area (Å²) in [7, 11) is 0. The van der Waals surface area contributed by atoms with E-state index >= 15 is 0 Å². The van der Waals surface area contributed by atoms with Crippen LogP contribution in [-0.2, 0) is 11.2 Å². The van der Waals surface area contributed by atoms with E-state index < -0.39 is 6.10 Å². The fourth-order valence-corrected chi connectivity index (χ4v) is 4.81. The summed E-state index contributed by atoms with van der Waals surface area (Å²) in [6.45, 7) is 7.05. The monoisotopic (exact) mass is 442 g/mol. The number of nitrogens with zero attached hydrogens (tertiary/aromatic N) is 3. The lowest BCUT2D eigenvalue weighted by Gasteiger charge is -2.33. The normalized spacial score (nSPS) is 16.8. The van der Waals surface area contributed by atoms with Crippen molar-refractivity contribution in [2.45, 2.75) is 45.8 Å². The number of aryl methyl sites for hydroxylation is 1. The predicted octanol–water partition coefficient (Wildman–Crippen LogP) is 3.59. The second-order valence-electron chi connectivity index (χ2n) is 7.87. The van der Waals surface area contributed by atoms with Gasteiger partial charge < -0.3 is 19.5 Å². The smallest absolute Gasteiger partial charge is 0.276 e. The van der Waals surface area contributed by atoms with Gasteiger partial charge in [0.1, 0.15) is 21.6 Å². The average Bonchev–Trinajstić information content (AvgIpc) is 3.38. The van der Waals surface area contributed by atoms with Gasteiger partial charge in [0, 0.05) is 42.2 Å². The zero-order valence-corrected chi connectivity index (χ0v) is 18.7. The van der Waals surface area contributed by atoms with Gasteiger partial charge in [-0.15, -0.1) is 11.3 Å². The van der Waals surface area contributed by atoms with Gasteiger partial charge in [0.05, 0.1) is 13.2 Å². The number of rotatable bonds is 6. The van der Waals surface area contributed by atoms with Gasteiger partial charge in [-0.3, -0.25) is 9.59 Å². The minimum absolute atomic E-state index is 0.00773. The second kappa shape index (κ2) is 9.15. The lowest BCUT2D eigenvalue weighted by atomic mass is 10.0. The van der Waals surface area contributed by atoms with E-state index in [9.17, 15) is 9.59 Å². The van der Waals surface area contributed by atoms with E-state index in [1.165, 1.54) is 11.3 Å². The minimum Gasteiger partial charge on any atom is -0.370 e. The molecule has 0 aromatic carbocycles. The van der Waals surface area contributed by atoms with Crippen LogP contribution in [0.2, 0.25) is 0 Å². The molecule has 4 heterocycles. The fourth-order valence-electron chi connectivity index (χ4n) is 3.72. The Morgan fingerprint density at radius 2 is 2.23 bits per heavy atom. The number of carbonyl (C=O) groups is 2. The second-order valence-corrected chi connectivity index (χ2v) is 8.87. The molecule has 0 unspecified atom stereocenters. The van der Waals surface area contributed by atoms with Crippen LogP contribution in [0.25, 0.3) is 10.2 Å². The van der Waals surface area contributed by atoms with Crippen molar-refractivity contribution in [1.82, 2.24) is 20.4 Å². The molecule has 31 heavy (non-hydrogen) atoms. The zero-order chi connectivity index (χ0) is 22.0. The van der Waals surface area contributed by atoms with Crippen LogP contribution in [-0.4, -0.2) is 52.6 Å². The van der Waals surface area contributed by atoms with Gasteiger partial charge in [0.2, 0.25) is 0 Å². The molecule has 2 amide bonds. The maximum atomic E-state index is 13.0. The number of aromatic nitrogens is 2. The highest BCUT2D eigenvalue weighted by molar-refractivity contribution is 7.20. The molecule has 0 bridgehead atoms. The molecule has 0 aliphatic carbocycles. The number of pyridine rings is 1. The molecule has 1 fully saturated rings. The molecule has 8 nitrogen and oxygen atoms in total. The molecular weight excluding hydrogens is 416 g/mol. The molecule has 3 aromatic rings. The predicted molar refractivity (Wildman–Crippen MR) is 117 cm³/mol. The molecule has 4 rings (SSSR count). The van der Waals surface area contributed by atoms with Crippen LogP contribution in [0.4, 0.5) is 0 Å². The molecule has 1 N–H and O–H groups in total. The van der Waals surface area contributed by atoms with Gasteiger partial charge in [-0.05, 0) is 26.3 Å². The Kier molecular flexibility index (Phi) is 6.33. The number of amides is 2. The van der Waals surface area contributed by atoms with E-state index in [1.54, 1.807) is 17.2 Å². The Labute approximate surface area is 184 Å². The van der Waals surface area contributed by atoms with Gasteiger partial charge in [-0.2, -0.15) is 0 Å². The molecule has 1 atom stereocenters. The number of fused-ring (bicyclic) bond motifs is 1. The molecule has 0 saturated carbocycles. The van der Waals surface area contributed by atoms with Crippen LogP contribution in [0.3, 0.4) is 0 Å². The van der Waals surface area contributed by atoms with Crippen LogP contribution < -0.4 is 5.32 Å². The highest BCUT2D eigenvalue weighted by Gasteiger charge is 2.33. The SMILES string of the molecule is CCCc1cc(C(=O)N2CCO[C@@H](c3c(C(=O)NC(C)C)sc4ncccc34)C2)no1. The maximum Gasteiger partial charge on any atom is 0.276 e. The number of thiophene rings is 1. The van der Waals surface area contributed by atoms with Crippen molar-refractivity contribution in [3.8, 4) is 0 Å².